The van der Waals surface area contributed by atoms with E-state index in [1.165, 1.54) is 31.2 Å². The number of aromatic nitrogens is 1. The second-order valence-corrected chi connectivity index (χ2v) is 5.58. The van der Waals surface area contributed by atoms with Crippen LogP contribution >= 0.6 is 11.6 Å². The molecule has 1 aliphatic rings. The Labute approximate surface area is 115 Å². The van der Waals surface area contributed by atoms with Crippen molar-refractivity contribution in [3.63, 3.8) is 0 Å². The maximum absolute atomic E-state index is 6.15. The average Bonchev–Trinajstić information content (AvgIpc) is 2.41. The van der Waals surface area contributed by atoms with Gasteiger partial charge in [-0.1, -0.05) is 11.6 Å². The van der Waals surface area contributed by atoms with Gasteiger partial charge in [0, 0.05) is 31.0 Å². The third kappa shape index (κ3) is 3.44. The van der Waals surface area contributed by atoms with Gasteiger partial charge in [0.15, 0.2) is 0 Å². The lowest BCUT2D eigenvalue weighted by Gasteiger charge is -2.34. The van der Waals surface area contributed by atoms with Gasteiger partial charge in [-0.15, -0.1) is 0 Å². The van der Waals surface area contributed by atoms with Crippen LogP contribution in [0.1, 0.15) is 31.2 Å². The molecule has 0 spiro atoms. The highest BCUT2D eigenvalue weighted by atomic mass is 35.5. The minimum atomic E-state index is 0.679. The SMILES string of the molecule is CNC1CCC(N(C)Cc2ccncc2Cl)CC1. The van der Waals surface area contributed by atoms with Crippen LogP contribution in [0.3, 0.4) is 0 Å². The van der Waals surface area contributed by atoms with E-state index in [9.17, 15) is 0 Å². The number of hydrogen-bond donors (Lipinski definition) is 1. The summed E-state index contributed by atoms with van der Waals surface area (Å²) in [6, 6.07) is 3.40. The Hall–Kier alpha value is -0.640. The van der Waals surface area contributed by atoms with Crippen LogP contribution in [0.4, 0.5) is 0 Å². The van der Waals surface area contributed by atoms with Crippen LogP contribution in [0.5, 0.6) is 0 Å². The molecule has 0 amide bonds. The molecule has 1 saturated carbocycles. The first-order valence-corrected chi connectivity index (χ1v) is 7.04. The highest BCUT2D eigenvalue weighted by molar-refractivity contribution is 6.31. The van der Waals surface area contributed by atoms with Gasteiger partial charge in [0.25, 0.3) is 0 Å². The fourth-order valence-electron chi connectivity index (χ4n) is 2.74. The number of nitrogens with zero attached hydrogens (tertiary/aromatic N) is 2. The molecule has 0 aromatic carbocycles. The number of hydrogen-bond acceptors (Lipinski definition) is 3. The van der Waals surface area contributed by atoms with Gasteiger partial charge in [0.05, 0.1) is 5.02 Å². The van der Waals surface area contributed by atoms with Crippen LogP contribution < -0.4 is 5.32 Å². The summed E-state index contributed by atoms with van der Waals surface area (Å²) in [5.41, 5.74) is 1.17. The van der Waals surface area contributed by atoms with Crippen molar-refractivity contribution in [3.05, 3.63) is 29.0 Å². The van der Waals surface area contributed by atoms with E-state index in [-0.39, 0.29) is 0 Å². The maximum atomic E-state index is 6.15. The molecular weight excluding hydrogens is 246 g/mol. The Bertz CT molecular complexity index is 375. The van der Waals surface area contributed by atoms with Gasteiger partial charge in [-0.3, -0.25) is 9.88 Å². The minimum Gasteiger partial charge on any atom is -0.317 e. The average molecular weight is 268 g/mol. The van der Waals surface area contributed by atoms with Crippen LogP contribution in [0.2, 0.25) is 5.02 Å². The Kier molecular flexibility index (Phi) is 4.98. The molecule has 1 heterocycles. The summed E-state index contributed by atoms with van der Waals surface area (Å²) in [7, 11) is 4.26. The predicted octanol–water partition coefficient (Wildman–Crippen LogP) is 2.70. The van der Waals surface area contributed by atoms with Crippen molar-refractivity contribution in [3.8, 4) is 0 Å². The Morgan fingerprint density at radius 1 is 1.39 bits per heavy atom. The molecule has 18 heavy (non-hydrogen) atoms. The van der Waals surface area contributed by atoms with Crippen LogP contribution in [-0.2, 0) is 6.54 Å². The van der Waals surface area contributed by atoms with E-state index >= 15 is 0 Å². The van der Waals surface area contributed by atoms with Gasteiger partial charge < -0.3 is 5.32 Å². The van der Waals surface area contributed by atoms with E-state index in [0.29, 0.717) is 12.1 Å². The van der Waals surface area contributed by atoms with Crippen LogP contribution in [0, 0.1) is 0 Å². The summed E-state index contributed by atoms with van der Waals surface area (Å²) in [5.74, 6) is 0. The van der Waals surface area contributed by atoms with Gasteiger partial charge in [0.2, 0.25) is 0 Å². The van der Waals surface area contributed by atoms with Crippen molar-refractivity contribution >= 4 is 11.6 Å². The summed E-state index contributed by atoms with van der Waals surface area (Å²) in [5, 5.41) is 4.15. The molecule has 100 valence electrons. The van der Waals surface area contributed by atoms with Crippen molar-refractivity contribution in [2.45, 2.75) is 44.3 Å². The van der Waals surface area contributed by atoms with Gasteiger partial charge in [-0.25, -0.2) is 0 Å². The van der Waals surface area contributed by atoms with Crippen molar-refractivity contribution in [1.29, 1.82) is 0 Å². The highest BCUT2D eigenvalue weighted by Crippen LogP contribution is 2.24. The topological polar surface area (TPSA) is 28.2 Å². The summed E-state index contributed by atoms with van der Waals surface area (Å²) in [6.45, 7) is 0.913. The normalized spacial score (nSPS) is 24.4. The summed E-state index contributed by atoms with van der Waals surface area (Å²) in [4.78, 5) is 6.45. The van der Waals surface area contributed by atoms with Crippen molar-refractivity contribution in [2.24, 2.45) is 0 Å². The smallest absolute Gasteiger partial charge is 0.0634 e. The van der Waals surface area contributed by atoms with E-state index in [1.807, 2.05) is 12.3 Å². The van der Waals surface area contributed by atoms with Gasteiger partial charge >= 0.3 is 0 Å². The molecule has 0 saturated heterocycles. The van der Waals surface area contributed by atoms with E-state index < -0.39 is 0 Å². The summed E-state index contributed by atoms with van der Waals surface area (Å²) in [6.07, 6.45) is 8.62. The molecule has 1 fully saturated rings. The Morgan fingerprint density at radius 3 is 2.72 bits per heavy atom. The van der Waals surface area contributed by atoms with Crippen molar-refractivity contribution < 1.29 is 0 Å². The van der Waals surface area contributed by atoms with Crippen molar-refractivity contribution in [1.82, 2.24) is 15.2 Å². The molecule has 0 bridgehead atoms. The fourth-order valence-corrected chi connectivity index (χ4v) is 2.91. The third-order valence-electron chi connectivity index (χ3n) is 4.00. The second-order valence-electron chi connectivity index (χ2n) is 5.18. The highest BCUT2D eigenvalue weighted by Gasteiger charge is 2.23. The lowest BCUT2D eigenvalue weighted by Crippen LogP contribution is -2.39. The number of rotatable bonds is 4. The number of nitrogens with one attached hydrogen (secondary N) is 1. The quantitative estimate of drug-likeness (QED) is 0.909. The van der Waals surface area contributed by atoms with Crippen molar-refractivity contribution in [2.75, 3.05) is 14.1 Å². The Morgan fingerprint density at radius 2 is 2.11 bits per heavy atom. The van der Waals surface area contributed by atoms with Crippen LogP contribution in [0.25, 0.3) is 0 Å². The van der Waals surface area contributed by atoms with E-state index in [1.54, 1.807) is 6.20 Å². The molecular formula is C14H22ClN3. The molecule has 3 nitrogen and oxygen atoms in total. The molecule has 1 aliphatic carbocycles. The monoisotopic (exact) mass is 267 g/mol. The third-order valence-corrected chi connectivity index (χ3v) is 4.34. The molecule has 0 radical (unpaired) electrons. The second kappa shape index (κ2) is 6.50. The Balaban J connectivity index is 1.89. The maximum Gasteiger partial charge on any atom is 0.0634 e. The lowest BCUT2D eigenvalue weighted by atomic mass is 9.90. The fraction of sp³-hybridized carbons (Fsp3) is 0.643. The molecule has 0 aliphatic heterocycles. The zero-order valence-corrected chi connectivity index (χ0v) is 12.0. The number of pyridine rings is 1. The van der Waals surface area contributed by atoms with Gasteiger partial charge in [0.1, 0.15) is 0 Å². The molecule has 1 aromatic rings. The molecule has 0 atom stereocenters. The standard InChI is InChI=1S/C14H22ClN3/c1-16-12-3-5-13(6-4-12)18(2)10-11-7-8-17-9-14(11)15/h7-9,12-13,16H,3-6,10H2,1-2H3. The van der Waals surface area contributed by atoms with Crippen LogP contribution in [-0.4, -0.2) is 36.1 Å². The van der Waals surface area contributed by atoms with Gasteiger partial charge in [-0.2, -0.15) is 0 Å². The first kappa shape index (κ1) is 13.8. The minimum absolute atomic E-state index is 0.679. The molecule has 4 heteroatoms. The molecule has 1 aromatic heterocycles. The van der Waals surface area contributed by atoms with E-state index in [2.05, 4.69) is 29.3 Å². The first-order valence-electron chi connectivity index (χ1n) is 6.66. The number of halogens is 1. The summed E-state index contributed by atoms with van der Waals surface area (Å²) < 4.78 is 0. The zero-order chi connectivity index (χ0) is 13.0. The molecule has 2 rings (SSSR count). The molecule has 0 unspecified atom stereocenters. The van der Waals surface area contributed by atoms with E-state index in [0.717, 1.165) is 11.6 Å². The van der Waals surface area contributed by atoms with Gasteiger partial charge in [-0.05, 0) is 51.4 Å². The first-order chi connectivity index (χ1) is 8.70. The summed E-state index contributed by atoms with van der Waals surface area (Å²) >= 11 is 6.15. The van der Waals surface area contributed by atoms with E-state index in [4.69, 9.17) is 11.6 Å². The molecule has 1 N–H and O–H groups in total. The lowest BCUT2D eigenvalue weighted by molar-refractivity contribution is 0.170. The zero-order valence-electron chi connectivity index (χ0n) is 11.2. The largest absolute Gasteiger partial charge is 0.317 e. The van der Waals surface area contributed by atoms with Crippen LogP contribution in [0.15, 0.2) is 18.5 Å². The predicted molar refractivity (Wildman–Crippen MR) is 75.8 cm³/mol.